The second-order valence-corrected chi connectivity index (χ2v) is 4.54. The van der Waals surface area contributed by atoms with Crippen LogP contribution in [-0.2, 0) is 5.33 Å². The van der Waals surface area contributed by atoms with E-state index in [1.54, 1.807) is 0 Å². The van der Waals surface area contributed by atoms with Crippen LogP contribution < -0.4 is 4.90 Å². The number of nitriles is 1. The maximum Gasteiger partial charge on any atom is 0.101 e. The van der Waals surface area contributed by atoms with Gasteiger partial charge in [0.05, 0.1) is 11.3 Å². The first kappa shape index (κ1) is 13.1. The maximum absolute atomic E-state index is 9.17. The molecular formula is C13H17BrN2. The highest BCUT2D eigenvalue weighted by atomic mass is 79.9. The molecule has 0 heterocycles. The zero-order chi connectivity index (χ0) is 12.1. The van der Waals surface area contributed by atoms with E-state index in [0.29, 0.717) is 6.04 Å². The molecule has 0 spiro atoms. The van der Waals surface area contributed by atoms with Crippen LogP contribution in [0.1, 0.15) is 31.9 Å². The molecule has 86 valence electrons. The van der Waals surface area contributed by atoms with Crippen LogP contribution >= 0.6 is 15.9 Å². The lowest BCUT2D eigenvalue weighted by Crippen LogP contribution is -2.30. The van der Waals surface area contributed by atoms with E-state index < -0.39 is 0 Å². The third-order valence-electron chi connectivity index (χ3n) is 2.61. The van der Waals surface area contributed by atoms with Gasteiger partial charge < -0.3 is 4.90 Å². The average molecular weight is 281 g/mol. The average Bonchev–Trinajstić information content (AvgIpc) is 2.29. The Morgan fingerprint density at radius 3 is 2.56 bits per heavy atom. The predicted octanol–water partition coefficient (Wildman–Crippen LogP) is 3.69. The van der Waals surface area contributed by atoms with Crippen molar-refractivity contribution < 1.29 is 0 Å². The monoisotopic (exact) mass is 280 g/mol. The summed E-state index contributed by atoms with van der Waals surface area (Å²) in [6.07, 6.45) is 0. The van der Waals surface area contributed by atoms with Gasteiger partial charge >= 0.3 is 0 Å². The van der Waals surface area contributed by atoms with Gasteiger partial charge in [-0.25, -0.2) is 0 Å². The van der Waals surface area contributed by atoms with Gasteiger partial charge in [-0.3, -0.25) is 0 Å². The minimum Gasteiger partial charge on any atom is -0.368 e. The Hall–Kier alpha value is -1.01. The van der Waals surface area contributed by atoms with Crippen molar-refractivity contribution in [1.82, 2.24) is 0 Å². The Bertz CT molecular complexity index is 393. The normalized spacial score (nSPS) is 10.2. The molecule has 1 aromatic carbocycles. The molecule has 0 N–H and O–H groups in total. The lowest BCUT2D eigenvalue weighted by Gasteiger charge is -2.28. The molecule has 0 bridgehead atoms. The van der Waals surface area contributed by atoms with E-state index >= 15 is 0 Å². The van der Waals surface area contributed by atoms with Gasteiger partial charge in [-0.1, -0.05) is 22.0 Å². The van der Waals surface area contributed by atoms with E-state index in [4.69, 9.17) is 0 Å². The van der Waals surface area contributed by atoms with Gasteiger partial charge in [0.25, 0.3) is 0 Å². The summed E-state index contributed by atoms with van der Waals surface area (Å²) in [6.45, 7) is 7.31. The highest BCUT2D eigenvalue weighted by Crippen LogP contribution is 2.24. The lowest BCUT2D eigenvalue weighted by molar-refractivity contribution is 0.703. The summed E-state index contributed by atoms with van der Waals surface area (Å²) >= 11 is 3.41. The van der Waals surface area contributed by atoms with Crippen LogP contribution in [0.4, 0.5) is 5.69 Å². The van der Waals surface area contributed by atoms with Gasteiger partial charge in [0.15, 0.2) is 0 Å². The molecule has 1 rings (SSSR count). The van der Waals surface area contributed by atoms with Crippen molar-refractivity contribution in [2.45, 2.75) is 32.1 Å². The van der Waals surface area contributed by atoms with Crippen LogP contribution in [0, 0.1) is 11.3 Å². The number of hydrogen-bond donors (Lipinski definition) is 0. The molecule has 2 nitrogen and oxygen atoms in total. The fourth-order valence-electron chi connectivity index (χ4n) is 1.82. The first-order chi connectivity index (χ1) is 7.63. The summed E-state index contributed by atoms with van der Waals surface area (Å²) in [6, 6.07) is 8.75. The van der Waals surface area contributed by atoms with Crippen LogP contribution in [0.5, 0.6) is 0 Å². The van der Waals surface area contributed by atoms with E-state index in [1.807, 2.05) is 12.1 Å². The largest absolute Gasteiger partial charge is 0.368 e. The lowest BCUT2D eigenvalue weighted by atomic mass is 10.1. The number of nitrogens with zero attached hydrogens (tertiary/aromatic N) is 2. The fourth-order valence-corrected chi connectivity index (χ4v) is 2.17. The topological polar surface area (TPSA) is 27.0 Å². The van der Waals surface area contributed by atoms with Crippen molar-refractivity contribution in [3.63, 3.8) is 0 Å². The van der Waals surface area contributed by atoms with Gasteiger partial charge in [-0.15, -0.1) is 0 Å². The highest BCUT2D eigenvalue weighted by molar-refractivity contribution is 9.08. The number of hydrogen-bond acceptors (Lipinski definition) is 2. The molecule has 0 saturated heterocycles. The summed E-state index contributed by atoms with van der Waals surface area (Å²) in [5.41, 5.74) is 2.93. The van der Waals surface area contributed by atoms with E-state index in [2.05, 4.69) is 53.7 Å². The van der Waals surface area contributed by atoms with Crippen LogP contribution in [0.25, 0.3) is 0 Å². The Balaban J connectivity index is 3.18. The van der Waals surface area contributed by atoms with Crippen molar-refractivity contribution in [3.05, 3.63) is 29.3 Å². The summed E-state index contributed by atoms with van der Waals surface area (Å²) < 4.78 is 0. The zero-order valence-corrected chi connectivity index (χ0v) is 11.6. The summed E-state index contributed by atoms with van der Waals surface area (Å²) in [4.78, 5) is 2.23. The van der Waals surface area contributed by atoms with E-state index in [9.17, 15) is 5.26 Å². The molecule has 0 radical (unpaired) electrons. The Morgan fingerprint density at radius 1 is 1.44 bits per heavy atom. The van der Waals surface area contributed by atoms with Crippen LogP contribution in [0.3, 0.4) is 0 Å². The second-order valence-electron chi connectivity index (χ2n) is 3.98. The standard InChI is InChI=1S/C13H17BrN2/c1-4-16(10(2)3)13-6-5-11(8-14)7-12(13)9-15/h5-7,10H,4,8H2,1-3H3. The fraction of sp³-hybridized carbons (Fsp3) is 0.462. The van der Waals surface area contributed by atoms with Crippen LogP contribution in [-0.4, -0.2) is 12.6 Å². The van der Waals surface area contributed by atoms with Crippen molar-refractivity contribution in [1.29, 1.82) is 5.26 Å². The number of benzene rings is 1. The molecule has 1 aromatic rings. The molecule has 0 aliphatic carbocycles. The smallest absolute Gasteiger partial charge is 0.101 e. The number of alkyl halides is 1. The first-order valence-electron chi connectivity index (χ1n) is 5.49. The first-order valence-corrected chi connectivity index (χ1v) is 6.61. The van der Waals surface area contributed by atoms with E-state index in [-0.39, 0.29) is 0 Å². The molecular weight excluding hydrogens is 264 g/mol. The van der Waals surface area contributed by atoms with Gasteiger partial charge in [-0.2, -0.15) is 5.26 Å². The molecule has 16 heavy (non-hydrogen) atoms. The molecule has 0 aliphatic rings. The third kappa shape index (κ3) is 2.76. The number of halogens is 1. The molecule has 0 aromatic heterocycles. The molecule has 0 amide bonds. The Morgan fingerprint density at radius 2 is 2.12 bits per heavy atom. The molecule has 0 aliphatic heterocycles. The molecule has 0 fully saturated rings. The number of rotatable bonds is 4. The van der Waals surface area contributed by atoms with Crippen LogP contribution in [0.2, 0.25) is 0 Å². The second kappa shape index (κ2) is 5.91. The van der Waals surface area contributed by atoms with Crippen molar-refractivity contribution in [2.75, 3.05) is 11.4 Å². The maximum atomic E-state index is 9.17. The quantitative estimate of drug-likeness (QED) is 0.787. The van der Waals surface area contributed by atoms with Gasteiger partial charge in [0.2, 0.25) is 0 Å². The summed E-state index contributed by atoms with van der Waals surface area (Å²) in [5, 5.41) is 9.96. The predicted molar refractivity (Wildman–Crippen MR) is 71.9 cm³/mol. The molecule has 0 atom stereocenters. The minimum absolute atomic E-state index is 0.409. The highest BCUT2D eigenvalue weighted by Gasteiger charge is 2.12. The van der Waals surface area contributed by atoms with Gasteiger partial charge in [-0.05, 0) is 38.5 Å². The number of anilines is 1. The van der Waals surface area contributed by atoms with Crippen LogP contribution in [0.15, 0.2) is 18.2 Å². The van der Waals surface area contributed by atoms with E-state index in [0.717, 1.165) is 28.7 Å². The zero-order valence-electron chi connectivity index (χ0n) is 10.00. The van der Waals surface area contributed by atoms with E-state index in [1.165, 1.54) is 0 Å². The van der Waals surface area contributed by atoms with Crippen molar-refractivity contribution >= 4 is 21.6 Å². The minimum atomic E-state index is 0.409. The summed E-state index contributed by atoms with van der Waals surface area (Å²) in [7, 11) is 0. The van der Waals surface area contributed by atoms with Crippen molar-refractivity contribution in [3.8, 4) is 6.07 Å². The van der Waals surface area contributed by atoms with Crippen molar-refractivity contribution in [2.24, 2.45) is 0 Å². The Kier molecular flexibility index (Phi) is 4.82. The molecule has 3 heteroatoms. The molecule has 0 unspecified atom stereocenters. The SMILES string of the molecule is CCN(c1ccc(CBr)cc1C#N)C(C)C. The summed E-state index contributed by atoms with van der Waals surface area (Å²) in [5.74, 6) is 0. The third-order valence-corrected chi connectivity index (χ3v) is 3.26. The molecule has 0 saturated carbocycles. The van der Waals surface area contributed by atoms with Gasteiger partial charge in [0, 0.05) is 17.9 Å². The van der Waals surface area contributed by atoms with Gasteiger partial charge in [0.1, 0.15) is 6.07 Å². The Labute approximate surface area is 106 Å².